The van der Waals surface area contributed by atoms with Gasteiger partial charge in [-0.2, -0.15) is 18.4 Å². The molecule has 1 saturated heterocycles. The van der Waals surface area contributed by atoms with Gasteiger partial charge in [0.2, 0.25) is 5.91 Å². The predicted octanol–water partition coefficient (Wildman–Crippen LogP) is 4.59. The van der Waals surface area contributed by atoms with Crippen LogP contribution in [0.5, 0.6) is 5.75 Å². The van der Waals surface area contributed by atoms with Crippen molar-refractivity contribution in [3.05, 3.63) is 59.8 Å². The lowest BCUT2D eigenvalue weighted by Gasteiger charge is -2.27. The number of nitriles is 1. The molecular formula is C24H20F5N5O3. The van der Waals surface area contributed by atoms with Crippen LogP contribution >= 0.6 is 0 Å². The van der Waals surface area contributed by atoms with Gasteiger partial charge in [-0.3, -0.25) is 10.1 Å². The highest BCUT2D eigenvalue weighted by atomic mass is 19.4. The molecule has 1 fully saturated rings. The fraction of sp³-hybridized carbons (Fsp3) is 0.292. The molecule has 3 N–H and O–H groups in total. The first-order chi connectivity index (χ1) is 17.5. The van der Waals surface area contributed by atoms with E-state index in [1.807, 2.05) is 6.07 Å². The van der Waals surface area contributed by atoms with Crippen LogP contribution in [-0.4, -0.2) is 46.8 Å². The van der Waals surface area contributed by atoms with Gasteiger partial charge in [0, 0.05) is 35.4 Å². The van der Waals surface area contributed by atoms with E-state index in [1.54, 1.807) is 0 Å². The lowest BCUT2D eigenvalue weighted by molar-refractivity contribution is -0.171. The number of likely N-dealkylation sites (tertiary alicyclic amines) is 1. The first kappa shape index (κ1) is 25.9. The van der Waals surface area contributed by atoms with Crippen LogP contribution in [0.25, 0.3) is 10.9 Å². The van der Waals surface area contributed by atoms with E-state index in [4.69, 9.17) is 4.74 Å². The number of carbonyl (C=O) groups is 2. The minimum atomic E-state index is -4.85. The summed E-state index contributed by atoms with van der Waals surface area (Å²) in [5.41, 5.74) is 0.798. The molecule has 0 radical (unpaired) electrons. The van der Waals surface area contributed by atoms with Gasteiger partial charge in [-0.25, -0.2) is 18.9 Å². The number of ether oxygens (including phenoxy) is 1. The van der Waals surface area contributed by atoms with Gasteiger partial charge in [0.05, 0.1) is 12.1 Å². The first-order valence-corrected chi connectivity index (χ1v) is 11.1. The van der Waals surface area contributed by atoms with E-state index in [2.05, 4.69) is 10.3 Å². The summed E-state index contributed by atoms with van der Waals surface area (Å²) in [5, 5.41) is 13.3. The normalized spacial score (nSPS) is 16.4. The maximum atomic E-state index is 13.4. The molecule has 0 aliphatic carbocycles. The van der Waals surface area contributed by atoms with Crippen LogP contribution in [0.2, 0.25) is 0 Å². The second kappa shape index (κ2) is 10.4. The molecule has 2 amide bonds. The summed E-state index contributed by atoms with van der Waals surface area (Å²) >= 11 is 0. The third-order valence-electron chi connectivity index (χ3n) is 5.86. The molecule has 1 aliphatic heterocycles. The first-order valence-electron chi connectivity index (χ1n) is 11.1. The Balaban J connectivity index is 1.53. The van der Waals surface area contributed by atoms with Crippen molar-refractivity contribution in [3.63, 3.8) is 0 Å². The van der Waals surface area contributed by atoms with Gasteiger partial charge in [-0.1, -0.05) is 0 Å². The number of aromatic nitrogens is 1. The van der Waals surface area contributed by atoms with Gasteiger partial charge < -0.3 is 14.6 Å². The molecule has 0 spiro atoms. The molecule has 2 atom stereocenters. The zero-order valence-electron chi connectivity index (χ0n) is 19.0. The lowest BCUT2D eigenvalue weighted by atomic mass is 10.0. The second-order valence-electron chi connectivity index (χ2n) is 8.38. The monoisotopic (exact) mass is 521 g/mol. The Kier molecular flexibility index (Phi) is 7.30. The zero-order chi connectivity index (χ0) is 26.7. The van der Waals surface area contributed by atoms with Crippen molar-refractivity contribution in [2.24, 2.45) is 0 Å². The average molecular weight is 521 g/mol. The number of hydrogen-bond acceptors (Lipinski definition) is 5. The maximum Gasteiger partial charge on any atom is 0.457 e. The molecule has 4 rings (SSSR count). The number of fused-ring (bicyclic) bond motifs is 1. The van der Waals surface area contributed by atoms with Crippen LogP contribution in [0.15, 0.2) is 42.6 Å². The summed E-state index contributed by atoms with van der Waals surface area (Å²) in [5.74, 6) is -3.07. The topological polar surface area (TPSA) is 110 Å². The quantitative estimate of drug-likeness (QED) is 0.325. The Morgan fingerprint density at radius 3 is 2.68 bits per heavy atom. The molecule has 2 aromatic carbocycles. The molecular weight excluding hydrogens is 501 g/mol. The average Bonchev–Trinajstić information content (AvgIpc) is 3.46. The van der Waals surface area contributed by atoms with Crippen molar-refractivity contribution >= 4 is 28.6 Å². The number of carbonyl (C=O) groups excluding carboxylic acids is 2. The van der Waals surface area contributed by atoms with Crippen LogP contribution < -0.4 is 15.4 Å². The number of hydrogen-bond donors (Lipinski definition) is 3. The Labute approximate surface area is 207 Å². The van der Waals surface area contributed by atoms with Gasteiger partial charge in [-0.05, 0) is 55.2 Å². The minimum Gasteiger partial charge on any atom is -0.410 e. The fourth-order valence-corrected chi connectivity index (χ4v) is 4.20. The smallest absolute Gasteiger partial charge is 0.410 e. The van der Waals surface area contributed by atoms with Crippen LogP contribution in [-0.2, 0) is 11.2 Å². The number of amides is 2. The van der Waals surface area contributed by atoms with Gasteiger partial charge in [0.1, 0.15) is 11.8 Å². The van der Waals surface area contributed by atoms with E-state index >= 15 is 0 Å². The Morgan fingerprint density at radius 1 is 1.19 bits per heavy atom. The minimum absolute atomic E-state index is 0.0178. The molecule has 194 valence electrons. The number of alkyl halides is 3. The van der Waals surface area contributed by atoms with E-state index in [9.17, 15) is 36.8 Å². The number of halogens is 5. The summed E-state index contributed by atoms with van der Waals surface area (Å²) in [6, 6.07) is 6.55. The van der Waals surface area contributed by atoms with Crippen molar-refractivity contribution in [2.45, 2.75) is 37.6 Å². The molecule has 13 heteroatoms. The summed E-state index contributed by atoms with van der Waals surface area (Å²) in [6.45, 7) is 0.187. The largest absolute Gasteiger partial charge is 0.457 e. The molecule has 8 nitrogen and oxygen atoms in total. The fourth-order valence-electron chi connectivity index (χ4n) is 4.20. The number of nitrogens with zero attached hydrogens (tertiary/aromatic N) is 2. The molecule has 1 aromatic heterocycles. The number of aromatic amines is 1. The Hall–Kier alpha value is -4.18. The van der Waals surface area contributed by atoms with E-state index in [0.29, 0.717) is 29.3 Å². The molecule has 2 heterocycles. The summed E-state index contributed by atoms with van der Waals surface area (Å²) in [4.78, 5) is 29.2. The number of benzene rings is 2. The third kappa shape index (κ3) is 6.15. The highest BCUT2D eigenvalue weighted by molar-refractivity contribution is 5.90. The van der Waals surface area contributed by atoms with Crippen molar-refractivity contribution in [1.82, 2.24) is 15.2 Å². The molecule has 1 aliphatic rings. The van der Waals surface area contributed by atoms with E-state index in [1.165, 1.54) is 29.7 Å². The lowest BCUT2D eigenvalue weighted by Crippen LogP contribution is -2.53. The second-order valence-corrected chi connectivity index (χ2v) is 8.38. The van der Waals surface area contributed by atoms with Crippen LogP contribution in [0.4, 0.5) is 32.4 Å². The highest BCUT2D eigenvalue weighted by Crippen LogP contribution is 2.27. The van der Waals surface area contributed by atoms with Crippen molar-refractivity contribution in [3.8, 4) is 11.8 Å². The SMILES string of the molecule is N#C[C@@H]1CCCN1C(=O)[C@H](Cc1c[nH]c2ccc(OC(=O)Nc3ccc(F)c(F)c3)cc12)NC(F)(F)F. The number of rotatable bonds is 6. The van der Waals surface area contributed by atoms with E-state index in [0.717, 1.165) is 23.1 Å². The van der Waals surface area contributed by atoms with Crippen LogP contribution in [0.1, 0.15) is 18.4 Å². The summed E-state index contributed by atoms with van der Waals surface area (Å²) < 4.78 is 71.3. The zero-order valence-corrected chi connectivity index (χ0v) is 19.0. The predicted molar refractivity (Wildman–Crippen MR) is 121 cm³/mol. The molecule has 0 unspecified atom stereocenters. The van der Waals surface area contributed by atoms with Gasteiger partial charge >= 0.3 is 12.4 Å². The van der Waals surface area contributed by atoms with Gasteiger partial charge in [0.25, 0.3) is 0 Å². The van der Waals surface area contributed by atoms with Crippen molar-refractivity contribution < 1.29 is 36.3 Å². The van der Waals surface area contributed by atoms with E-state index in [-0.39, 0.29) is 24.4 Å². The van der Waals surface area contributed by atoms with E-state index < -0.39 is 42.0 Å². The number of anilines is 1. The highest BCUT2D eigenvalue weighted by Gasteiger charge is 2.39. The third-order valence-corrected chi connectivity index (χ3v) is 5.86. The number of H-pyrrole nitrogens is 1. The van der Waals surface area contributed by atoms with Gasteiger partial charge in [-0.15, -0.1) is 0 Å². The standard InChI is InChI=1S/C24H20F5N5O3/c25-18-5-3-14(9-19(18)26)32-23(36)37-16-4-6-20-17(10-16)13(12-31-20)8-21(33-24(27,28)29)22(35)34-7-1-2-15(34)11-30/h3-6,9-10,12,15,21,31,33H,1-2,7-8H2,(H,32,36)/t15-,21-/m0/s1. The summed E-state index contributed by atoms with van der Waals surface area (Å²) in [7, 11) is 0. The number of nitrogens with one attached hydrogen (secondary N) is 3. The Morgan fingerprint density at radius 2 is 1.97 bits per heavy atom. The van der Waals surface area contributed by atoms with Crippen molar-refractivity contribution in [1.29, 1.82) is 5.26 Å². The molecule has 3 aromatic rings. The molecule has 0 saturated carbocycles. The molecule has 37 heavy (non-hydrogen) atoms. The van der Waals surface area contributed by atoms with Gasteiger partial charge in [0.15, 0.2) is 11.6 Å². The Bertz CT molecular complexity index is 1370. The van der Waals surface area contributed by atoms with Crippen molar-refractivity contribution in [2.75, 3.05) is 11.9 Å². The summed E-state index contributed by atoms with van der Waals surface area (Å²) in [6.07, 6.45) is -3.87. The maximum absolute atomic E-state index is 13.4. The molecule has 0 bridgehead atoms. The van der Waals surface area contributed by atoms with Crippen LogP contribution in [0, 0.1) is 23.0 Å². The van der Waals surface area contributed by atoms with Crippen LogP contribution in [0.3, 0.4) is 0 Å².